The van der Waals surface area contributed by atoms with E-state index >= 15 is 0 Å². The molecule has 0 amide bonds. The number of thioether (sulfide) groups is 1. The Morgan fingerprint density at radius 1 is 1.17 bits per heavy atom. The molecule has 6 heteroatoms. The average Bonchev–Trinajstić information content (AvgIpc) is 2.66. The van der Waals surface area contributed by atoms with Crippen molar-refractivity contribution < 1.29 is 4.74 Å². The molecule has 3 rings (SSSR count). The van der Waals surface area contributed by atoms with Gasteiger partial charge >= 0.3 is 0 Å². The number of pyridine rings is 1. The summed E-state index contributed by atoms with van der Waals surface area (Å²) in [5, 5.41) is 0. The molecule has 0 saturated carbocycles. The van der Waals surface area contributed by atoms with Crippen molar-refractivity contribution in [2.75, 3.05) is 24.6 Å². The lowest BCUT2D eigenvalue weighted by Crippen LogP contribution is -2.42. The van der Waals surface area contributed by atoms with Crippen LogP contribution in [0.5, 0.6) is 5.88 Å². The topological polar surface area (TPSA) is 63.7 Å². The van der Waals surface area contributed by atoms with Crippen molar-refractivity contribution in [2.24, 2.45) is 10.7 Å². The minimum atomic E-state index is 0.508. The van der Waals surface area contributed by atoms with E-state index in [2.05, 4.69) is 14.9 Å². The van der Waals surface area contributed by atoms with Gasteiger partial charge in [0.15, 0.2) is 5.96 Å². The summed E-state index contributed by atoms with van der Waals surface area (Å²) in [5.41, 5.74) is 8.25. The van der Waals surface area contributed by atoms with Crippen LogP contribution in [-0.2, 0) is 13.2 Å². The third-order valence-corrected chi connectivity index (χ3v) is 4.73. The average molecular weight is 342 g/mol. The monoisotopic (exact) mass is 342 g/mol. The van der Waals surface area contributed by atoms with Crippen molar-refractivity contribution in [3.63, 3.8) is 0 Å². The molecule has 0 atom stereocenters. The maximum absolute atomic E-state index is 6.09. The summed E-state index contributed by atoms with van der Waals surface area (Å²) in [6.45, 7) is 3.00. The number of hydrogen-bond acceptors (Lipinski definition) is 4. The number of aliphatic imine (C=N–C) groups is 1. The second-order valence-electron chi connectivity index (χ2n) is 5.55. The maximum atomic E-state index is 6.09. The van der Waals surface area contributed by atoms with Crippen molar-refractivity contribution in [3.05, 3.63) is 59.8 Å². The smallest absolute Gasteiger partial charge is 0.213 e. The lowest BCUT2D eigenvalue weighted by atomic mass is 10.2. The van der Waals surface area contributed by atoms with E-state index in [1.54, 1.807) is 6.20 Å². The van der Waals surface area contributed by atoms with Crippen LogP contribution < -0.4 is 10.5 Å². The molecular formula is C18H22N4OS. The molecule has 1 saturated heterocycles. The lowest BCUT2D eigenvalue weighted by Gasteiger charge is -2.27. The van der Waals surface area contributed by atoms with Gasteiger partial charge in [-0.15, -0.1) is 0 Å². The van der Waals surface area contributed by atoms with Crippen molar-refractivity contribution in [1.29, 1.82) is 0 Å². The van der Waals surface area contributed by atoms with Gasteiger partial charge < -0.3 is 15.4 Å². The Bertz CT molecular complexity index is 672. The Hall–Kier alpha value is -2.21. The summed E-state index contributed by atoms with van der Waals surface area (Å²) in [6.07, 6.45) is 1.75. The second-order valence-corrected chi connectivity index (χ2v) is 6.78. The second kappa shape index (κ2) is 8.59. The highest BCUT2D eigenvalue weighted by molar-refractivity contribution is 7.99. The Morgan fingerprint density at radius 3 is 2.75 bits per heavy atom. The van der Waals surface area contributed by atoms with Crippen LogP contribution in [0.1, 0.15) is 11.1 Å². The summed E-state index contributed by atoms with van der Waals surface area (Å²) in [5.74, 6) is 3.46. The predicted octanol–water partition coefficient (Wildman–Crippen LogP) is 2.52. The molecule has 0 unspecified atom stereocenters. The van der Waals surface area contributed by atoms with Gasteiger partial charge in [-0.1, -0.05) is 30.3 Å². The number of rotatable bonds is 5. The molecule has 0 bridgehead atoms. The molecule has 24 heavy (non-hydrogen) atoms. The molecule has 0 aliphatic carbocycles. The summed E-state index contributed by atoms with van der Waals surface area (Å²) in [4.78, 5) is 10.9. The minimum absolute atomic E-state index is 0.508. The van der Waals surface area contributed by atoms with E-state index in [0.717, 1.165) is 35.7 Å². The molecule has 2 aromatic rings. The molecule has 1 aliphatic rings. The van der Waals surface area contributed by atoms with Gasteiger partial charge in [-0.3, -0.25) is 0 Å². The van der Waals surface area contributed by atoms with Crippen molar-refractivity contribution in [3.8, 4) is 5.88 Å². The number of nitrogens with two attached hydrogens (primary N) is 1. The van der Waals surface area contributed by atoms with Gasteiger partial charge in [0.25, 0.3) is 0 Å². The Balaban J connectivity index is 1.56. The highest BCUT2D eigenvalue weighted by atomic mass is 32.2. The first-order valence-corrected chi connectivity index (χ1v) is 9.21. The quantitative estimate of drug-likeness (QED) is 0.668. The first kappa shape index (κ1) is 16.6. The van der Waals surface area contributed by atoms with Crippen LogP contribution in [0.2, 0.25) is 0 Å². The Labute approximate surface area is 146 Å². The first-order chi connectivity index (χ1) is 11.8. The molecule has 1 aliphatic heterocycles. The lowest BCUT2D eigenvalue weighted by molar-refractivity contribution is 0.293. The molecule has 1 fully saturated rings. The zero-order valence-electron chi connectivity index (χ0n) is 13.6. The molecular weight excluding hydrogens is 320 g/mol. The third-order valence-electron chi connectivity index (χ3n) is 3.79. The van der Waals surface area contributed by atoms with Crippen LogP contribution in [0.15, 0.2) is 53.7 Å². The van der Waals surface area contributed by atoms with Gasteiger partial charge in [0.05, 0.1) is 6.54 Å². The molecule has 0 radical (unpaired) electrons. The van der Waals surface area contributed by atoms with Crippen LogP contribution in [0, 0.1) is 0 Å². The maximum Gasteiger partial charge on any atom is 0.213 e. The van der Waals surface area contributed by atoms with Gasteiger partial charge in [-0.2, -0.15) is 11.8 Å². The van der Waals surface area contributed by atoms with Crippen LogP contribution in [-0.4, -0.2) is 40.4 Å². The van der Waals surface area contributed by atoms with Crippen LogP contribution in [0.4, 0.5) is 0 Å². The Morgan fingerprint density at radius 2 is 1.96 bits per heavy atom. The van der Waals surface area contributed by atoms with Crippen LogP contribution >= 0.6 is 11.8 Å². The number of ether oxygens (including phenoxy) is 1. The van der Waals surface area contributed by atoms with Gasteiger partial charge in [0, 0.05) is 36.9 Å². The van der Waals surface area contributed by atoms with E-state index in [1.165, 1.54) is 0 Å². The fourth-order valence-corrected chi connectivity index (χ4v) is 3.33. The summed E-state index contributed by atoms with van der Waals surface area (Å²) < 4.78 is 5.75. The minimum Gasteiger partial charge on any atom is -0.473 e. The standard InChI is InChI=1S/C18H22N4OS/c19-18(22-8-10-24-11-9-22)21-13-16-6-7-20-17(12-16)23-14-15-4-2-1-3-5-15/h1-7,12H,8-11,13-14H2,(H2,19,21). The summed E-state index contributed by atoms with van der Waals surface area (Å²) in [7, 11) is 0. The molecule has 1 aromatic carbocycles. The fraction of sp³-hybridized carbons (Fsp3) is 0.333. The van der Waals surface area contributed by atoms with Crippen LogP contribution in [0.25, 0.3) is 0 Å². The van der Waals surface area contributed by atoms with Crippen molar-refractivity contribution in [1.82, 2.24) is 9.88 Å². The molecule has 0 spiro atoms. The number of aromatic nitrogens is 1. The van der Waals surface area contributed by atoms with Crippen molar-refractivity contribution >= 4 is 17.7 Å². The number of hydrogen-bond donors (Lipinski definition) is 1. The molecule has 5 nitrogen and oxygen atoms in total. The molecule has 126 valence electrons. The normalized spacial score (nSPS) is 15.3. The predicted molar refractivity (Wildman–Crippen MR) is 99.2 cm³/mol. The van der Waals surface area contributed by atoms with E-state index < -0.39 is 0 Å². The SMILES string of the molecule is NC(=NCc1ccnc(OCc2ccccc2)c1)N1CCSCC1. The van der Waals surface area contributed by atoms with Gasteiger partial charge in [-0.25, -0.2) is 9.98 Å². The highest BCUT2D eigenvalue weighted by Crippen LogP contribution is 2.13. The van der Waals surface area contributed by atoms with E-state index in [1.807, 2.05) is 54.2 Å². The Kier molecular flexibility index (Phi) is 5.96. The van der Waals surface area contributed by atoms with E-state index in [4.69, 9.17) is 10.5 Å². The number of nitrogens with zero attached hydrogens (tertiary/aromatic N) is 3. The first-order valence-electron chi connectivity index (χ1n) is 8.05. The zero-order chi connectivity index (χ0) is 16.6. The van der Waals surface area contributed by atoms with Gasteiger partial charge in [0.1, 0.15) is 6.61 Å². The number of benzene rings is 1. The largest absolute Gasteiger partial charge is 0.473 e. The van der Waals surface area contributed by atoms with E-state index in [0.29, 0.717) is 25.0 Å². The number of guanidine groups is 1. The third kappa shape index (κ3) is 4.89. The summed E-state index contributed by atoms with van der Waals surface area (Å²) >= 11 is 1.96. The zero-order valence-corrected chi connectivity index (χ0v) is 14.4. The summed E-state index contributed by atoms with van der Waals surface area (Å²) in [6, 6.07) is 13.9. The molecule has 1 aromatic heterocycles. The molecule has 2 heterocycles. The van der Waals surface area contributed by atoms with E-state index in [-0.39, 0.29) is 0 Å². The van der Waals surface area contributed by atoms with E-state index in [9.17, 15) is 0 Å². The van der Waals surface area contributed by atoms with Crippen LogP contribution in [0.3, 0.4) is 0 Å². The van der Waals surface area contributed by atoms with Gasteiger partial charge in [-0.05, 0) is 17.2 Å². The fourth-order valence-electron chi connectivity index (χ4n) is 2.42. The van der Waals surface area contributed by atoms with Crippen molar-refractivity contribution in [2.45, 2.75) is 13.2 Å². The molecule has 2 N–H and O–H groups in total. The highest BCUT2D eigenvalue weighted by Gasteiger charge is 2.11. The van der Waals surface area contributed by atoms with Gasteiger partial charge in [0.2, 0.25) is 5.88 Å².